The van der Waals surface area contributed by atoms with Gasteiger partial charge in [-0.15, -0.1) is 0 Å². The first-order valence-corrected chi connectivity index (χ1v) is 7.69. The van der Waals surface area contributed by atoms with Gasteiger partial charge in [0.1, 0.15) is 12.4 Å². The van der Waals surface area contributed by atoms with E-state index in [4.69, 9.17) is 4.74 Å². The van der Waals surface area contributed by atoms with E-state index in [1.165, 1.54) is 31.2 Å². The second-order valence-electron chi connectivity index (χ2n) is 5.93. The Morgan fingerprint density at radius 2 is 2.05 bits per heavy atom. The molecule has 0 saturated heterocycles. The molecule has 0 amide bonds. The molecule has 0 aliphatic heterocycles. The van der Waals surface area contributed by atoms with Crippen molar-refractivity contribution >= 4 is 0 Å². The number of hydrogen-bond acceptors (Lipinski definition) is 2. The molecule has 0 unspecified atom stereocenters. The fraction of sp³-hybridized carbons (Fsp3) is 0.647. The lowest BCUT2D eigenvalue weighted by atomic mass is 10.0. The minimum atomic E-state index is 0.559. The maximum atomic E-state index is 5.80. The summed E-state index contributed by atoms with van der Waals surface area (Å²) in [7, 11) is 0. The van der Waals surface area contributed by atoms with Crippen LogP contribution < -0.4 is 10.1 Å². The van der Waals surface area contributed by atoms with Crippen molar-refractivity contribution < 1.29 is 4.74 Å². The summed E-state index contributed by atoms with van der Waals surface area (Å²) in [4.78, 5) is 0. The van der Waals surface area contributed by atoms with E-state index in [1.54, 1.807) is 0 Å². The van der Waals surface area contributed by atoms with Crippen LogP contribution in [-0.4, -0.2) is 19.7 Å². The number of nitrogens with one attached hydrogen (secondary N) is 1. The van der Waals surface area contributed by atoms with Gasteiger partial charge in [0.15, 0.2) is 0 Å². The Hall–Kier alpha value is -1.02. The second-order valence-corrected chi connectivity index (χ2v) is 5.93. The van der Waals surface area contributed by atoms with Gasteiger partial charge in [0, 0.05) is 6.54 Å². The van der Waals surface area contributed by atoms with Crippen molar-refractivity contribution in [2.24, 2.45) is 5.92 Å². The molecular formula is C17H27NO. The molecule has 0 heterocycles. The zero-order valence-corrected chi connectivity index (χ0v) is 12.3. The first-order chi connectivity index (χ1) is 9.25. The van der Waals surface area contributed by atoms with Crippen LogP contribution in [0.25, 0.3) is 0 Å². The third-order valence-electron chi connectivity index (χ3n) is 3.98. The molecule has 19 heavy (non-hydrogen) atoms. The molecule has 1 fully saturated rings. The Bertz CT molecular complexity index is 369. The van der Waals surface area contributed by atoms with Gasteiger partial charge in [-0.3, -0.25) is 0 Å². The van der Waals surface area contributed by atoms with Gasteiger partial charge < -0.3 is 10.1 Å². The quantitative estimate of drug-likeness (QED) is 0.750. The SMILES string of the molecule is CC(C)c1cccc(OCCNCC2CCCC2)c1. The van der Waals surface area contributed by atoms with Crippen molar-refractivity contribution in [2.75, 3.05) is 19.7 Å². The van der Waals surface area contributed by atoms with Crippen molar-refractivity contribution in [2.45, 2.75) is 45.4 Å². The molecule has 2 nitrogen and oxygen atoms in total. The normalized spacial score (nSPS) is 16.2. The molecule has 0 radical (unpaired) electrons. The van der Waals surface area contributed by atoms with E-state index >= 15 is 0 Å². The van der Waals surface area contributed by atoms with E-state index in [0.717, 1.165) is 31.4 Å². The molecular weight excluding hydrogens is 234 g/mol. The number of ether oxygens (including phenoxy) is 1. The Balaban J connectivity index is 1.63. The van der Waals surface area contributed by atoms with Gasteiger partial charge >= 0.3 is 0 Å². The highest BCUT2D eigenvalue weighted by molar-refractivity contribution is 5.30. The van der Waals surface area contributed by atoms with Crippen LogP contribution >= 0.6 is 0 Å². The van der Waals surface area contributed by atoms with Gasteiger partial charge in [-0.05, 0) is 48.9 Å². The van der Waals surface area contributed by atoms with Crippen LogP contribution in [0.5, 0.6) is 5.75 Å². The van der Waals surface area contributed by atoms with Gasteiger partial charge in [0.2, 0.25) is 0 Å². The number of rotatable bonds is 7. The molecule has 1 N–H and O–H groups in total. The largest absolute Gasteiger partial charge is 0.492 e. The summed E-state index contributed by atoms with van der Waals surface area (Å²) in [5, 5.41) is 3.51. The molecule has 106 valence electrons. The van der Waals surface area contributed by atoms with Gasteiger partial charge in [0.25, 0.3) is 0 Å². The summed E-state index contributed by atoms with van der Waals surface area (Å²) in [5.74, 6) is 2.46. The van der Waals surface area contributed by atoms with Crippen LogP contribution in [0.4, 0.5) is 0 Å². The lowest BCUT2D eigenvalue weighted by molar-refractivity contribution is 0.308. The number of hydrogen-bond donors (Lipinski definition) is 1. The molecule has 1 aliphatic rings. The first-order valence-electron chi connectivity index (χ1n) is 7.69. The van der Waals surface area contributed by atoms with Crippen molar-refractivity contribution in [3.8, 4) is 5.75 Å². The minimum Gasteiger partial charge on any atom is -0.492 e. The first kappa shape index (κ1) is 14.4. The topological polar surface area (TPSA) is 21.3 Å². The summed E-state index contributed by atoms with van der Waals surface area (Å²) in [6, 6.07) is 8.44. The van der Waals surface area contributed by atoms with E-state index in [0.29, 0.717) is 5.92 Å². The molecule has 2 rings (SSSR count). The third kappa shape index (κ3) is 4.87. The van der Waals surface area contributed by atoms with Crippen LogP contribution in [0.3, 0.4) is 0 Å². The third-order valence-corrected chi connectivity index (χ3v) is 3.98. The van der Waals surface area contributed by atoms with E-state index in [1.807, 2.05) is 6.07 Å². The second kappa shape index (κ2) is 7.54. The Kier molecular flexibility index (Phi) is 5.71. The number of benzene rings is 1. The monoisotopic (exact) mass is 261 g/mol. The Labute approximate surface area is 117 Å². The van der Waals surface area contributed by atoms with E-state index < -0.39 is 0 Å². The highest BCUT2D eigenvalue weighted by Gasteiger charge is 2.13. The zero-order valence-electron chi connectivity index (χ0n) is 12.3. The van der Waals surface area contributed by atoms with Gasteiger partial charge in [0.05, 0.1) is 0 Å². The van der Waals surface area contributed by atoms with Crippen molar-refractivity contribution in [1.82, 2.24) is 5.32 Å². The highest BCUT2D eigenvalue weighted by Crippen LogP contribution is 2.23. The van der Waals surface area contributed by atoms with Crippen LogP contribution in [0.15, 0.2) is 24.3 Å². The lowest BCUT2D eigenvalue weighted by Crippen LogP contribution is -2.26. The highest BCUT2D eigenvalue weighted by atomic mass is 16.5. The molecule has 2 heteroatoms. The molecule has 1 saturated carbocycles. The van der Waals surface area contributed by atoms with Gasteiger partial charge in [-0.25, -0.2) is 0 Å². The standard InChI is InChI=1S/C17H27NO/c1-14(2)16-8-5-9-17(12-16)19-11-10-18-13-15-6-3-4-7-15/h5,8-9,12,14-15,18H,3-4,6-7,10-11,13H2,1-2H3. The molecule has 1 aliphatic carbocycles. The molecule has 0 bridgehead atoms. The van der Waals surface area contributed by atoms with Crippen LogP contribution in [-0.2, 0) is 0 Å². The summed E-state index contributed by atoms with van der Waals surface area (Å²) < 4.78 is 5.80. The molecule has 1 aromatic rings. The molecule has 1 aromatic carbocycles. The summed E-state index contributed by atoms with van der Waals surface area (Å²) in [5.41, 5.74) is 1.34. The van der Waals surface area contributed by atoms with E-state index in [9.17, 15) is 0 Å². The van der Waals surface area contributed by atoms with E-state index in [2.05, 4.69) is 37.4 Å². The summed E-state index contributed by atoms with van der Waals surface area (Å²) in [6.45, 7) is 7.29. The van der Waals surface area contributed by atoms with Crippen molar-refractivity contribution in [3.63, 3.8) is 0 Å². The molecule has 0 spiro atoms. The Morgan fingerprint density at radius 1 is 1.26 bits per heavy atom. The lowest BCUT2D eigenvalue weighted by Gasteiger charge is -2.12. The van der Waals surface area contributed by atoms with Crippen molar-refractivity contribution in [1.29, 1.82) is 0 Å². The summed E-state index contributed by atoms with van der Waals surface area (Å²) in [6.07, 6.45) is 5.66. The maximum Gasteiger partial charge on any atom is 0.119 e. The van der Waals surface area contributed by atoms with Crippen LogP contribution in [0.1, 0.15) is 51.0 Å². The predicted octanol–water partition coefficient (Wildman–Crippen LogP) is 3.97. The zero-order chi connectivity index (χ0) is 13.5. The van der Waals surface area contributed by atoms with Crippen molar-refractivity contribution in [3.05, 3.63) is 29.8 Å². The summed E-state index contributed by atoms with van der Waals surface area (Å²) >= 11 is 0. The molecule has 0 aromatic heterocycles. The fourth-order valence-corrected chi connectivity index (χ4v) is 2.73. The minimum absolute atomic E-state index is 0.559. The predicted molar refractivity (Wildman–Crippen MR) is 80.9 cm³/mol. The van der Waals surface area contributed by atoms with Crippen LogP contribution in [0.2, 0.25) is 0 Å². The average Bonchev–Trinajstić information content (AvgIpc) is 2.92. The van der Waals surface area contributed by atoms with Gasteiger partial charge in [-0.2, -0.15) is 0 Å². The Morgan fingerprint density at radius 3 is 2.79 bits per heavy atom. The molecule has 0 atom stereocenters. The van der Waals surface area contributed by atoms with Gasteiger partial charge in [-0.1, -0.05) is 38.8 Å². The average molecular weight is 261 g/mol. The van der Waals surface area contributed by atoms with E-state index in [-0.39, 0.29) is 0 Å². The fourth-order valence-electron chi connectivity index (χ4n) is 2.73. The van der Waals surface area contributed by atoms with Crippen LogP contribution in [0, 0.1) is 5.92 Å². The maximum absolute atomic E-state index is 5.80. The smallest absolute Gasteiger partial charge is 0.119 e.